The molecule has 0 N–H and O–H groups in total. The molecule has 0 fully saturated rings. The van der Waals surface area contributed by atoms with Crippen molar-refractivity contribution >= 4 is 38.8 Å². The molecule has 0 saturated heterocycles. The van der Waals surface area contributed by atoms with Crippen LogP contribution in [-0.2, 0) is 0 Å². The molecule has 0 unspecified atom stereocenters. The van der Waals surface area contributed by atoms with Gasteiger partial charge >= 0.3 is 0 Å². The lowest BCUT2D eigenvalue weighted by Gasteiger charge is -2.21. The van der Waals surface area contributed by atoms with Crippen molar-refractivity contribution in [3.05, 3.63) is 42.1 Å². The summed E-state index contributed by atoms with van der Waals surface area (Å²) in [6, 6.07) is 8.28. The third kappa shape index (κ3) is 1.35. The van der Waals surface area contributed by atoms with Gasteiger partial charge in [0.05, 0.1) is 11.2 Å². The Labute approximate surface area is 96.6 Å². The fourth-order valence-corrected chi connectivity index (χ4v) is 2.37. The summed E-state index contributed by atoms with van der Waals surface area (Å²) in [7, 11) is 0. The molecule has 2 heterocycles. The van der Waals surface area contributed by atoms with Gasteiger partial charge in [-0.15, -0.1) is 0 Å². The van der Waals surface area contributed by atoms with Crippen LogP contribution in [0.3, 0.4) is 0 Å². The summed E-state index contributed by atoms with van der Waals surface area (Å²) in [6.07, 6.45) is 6.11. The molecule has 0 saturated carbocycles. The Morgan fingerprint density at radius 2 is 2.20 bits per heavy atom. The maximum Gasteiger partial charge on any atom is 0.0795 e. The molecule has 1 aliphatic rings. The molecule has 0 bridgehead atoms. The van der Waals surface area contributed by atoms with E-state index >= 15 is 0 Å². The Morgan fingerprint density at radius 1 is 1.27 bits per heavy atom. The first kappa shape index (κ1) is 8.92. The van der Waals surface area contributed by atoms with Crippen molar-refractivity contribution in [3.63, 3.8) is 0 Å². The molecule has 3 rings (SSSR count). The maximum absolute atomic E-state index is 4.43. The second-order valence-corrected chi connectivity index (χ2v) is 4.38. The molecule has 0 radical (unpaired) electrons. The van der Waals surface area contributed by atoms with Crippen LogP contribution in [0.15, 0.2) is 36.5 Å². The lowest BCUT2D eigenvalue weighted by atomic mass is 10.0. The zero-order chi connectivity index (χ0) is 10.3. The Balaban J connectivity index is 2.39. The highest BCUT2D eigenvalue weighted by molar-refractivity contribution is 9.10. The molecule has 0 spiro atoms. The average Bonchev–Trinajstić information content (AvgIpc) is 2.29. The summed E-state index contributed by atoms with van der Waals surface area (Å²) in [6.45, 7) is 0.894. The molecule has 1 aliphatic heterocycles. The van der Waals surface area contributed by atoms with Crippen molar-refractivity contribution in [1.29, 1.82) is 0 Å². The van der Waals surface area contributed by atoms with E-state index in [2.05, 4.69) is 55.4 Å². The number of aromatic nitrogens is 1. The normalized spacial score (nSPS) is 14.3. The molecule has 3 heteroatoms. The van der Waals surface area contributed by atoms with E-state index in [-0.39, 0.29) is 0 Å². The third-order valence-corrected chi connectivity index (χ3v) is 3.27. The summed E-state index contributed by atoms with van der Waals surface area (Å²) in [4.78, 5) is 4.43. The lowest BCUT2D eigenvalue weighted by molar-refractivity contribution is 1.21. The summed E-state index contributed by atoms with van der Waals surface area (Å²) in [5, 5.41) is 1.18. The molecule has 1 aromatic carbocycles. The van der Waals surface area contributed by atoms with Crippen LogP contribution in [0.25, 0.3) is 17.0 Å². The number of fused-ring (bicyclic) bond motifs is 3. The number of benzene rings is 1. The van der Waals surface area contributed by atoms with Gasteiger partial charge in [0.25, 0.3) is 0 Å². The minimum absolute atomic E-state index is 0.894. The summed E-state index contributed by atoms with van der Waals surface area (Å²) in [5.74, 6) is 0. The molecule has 2 aromatic rings. The van der Waals surface area contributed by atoms with Crippen LogP contribution in [0.1, 0.15) is 5.56 Å². The second-order valence-electron chi connectivity index (χ2n) is 3.52. The Bertz CT molecular complexity index is 548. The minimum atomic E-state index is 0.894. The number of halogens is 1. The third-order valence-electron chi connectivity index (χ3n) is 2.60. The zero-order valence-electron chi connectivity index (χ0n) is 8.02. The molecule has 0 atom stereocenters. The maximum atomic E-state index is 4.43. The molecule has 1 aromatic heterocycles. The number of hydrogen-bond acceptors (Lipinski definition) is 2. The van der Waals surface area contributed by atoms with Gasteiger partial charge in [-0.2, -0.15) is 0 Å². The van der Waals surface area contributed by atoms with Crippen molar-refractivity contribution in [3.8, 4) is 0 Å². The van der Waals surface area contributed by atoms with Crippen LogP contribution >= 0.6 is 16.1 Å². The topological polar surface area (TPSA) is 16.1 Å². The van der Waals surface area contributed by atoms with Crippen LogP contribution in [-0.4, -0.2) is 11.5 Å². The van der Waals surface area contributed by atoms with Gasteiger partial charge in [-0.25, -0.2) is 0 Å². The standard InChI is InChI=1S/C12H9BrN2/c13-15-8-2-4-10-11(15)6-5-9-3-1-7-14-12(9)10/h1-7H,8H2. The average molecular weight is 261 g/mol. The first-order valence-electron chi connectivity index (χ1n) is 4.84. The second kappa shape index (κ2) is 3.35. The SMILES string of the molecule is BrN1CC=Cc2c1ccc1cccnc21. The first-order chi connectivity index (χ1) is 7.36. The van der Waals surface area contributed by atoms with Crippen LogP contribution < -0.4 is 3.93 Å². The Hall–Kier alpha value is -1.35. The molecule has 15 heavy (non-hydrogen) atoms. The molecule has 74 valence electrons. The fourth-order valence-electron chi connectivity index (χ4n) is 1.89. The zero-order valence-corrected chi connectivity index (χ0v) is 9.61. The number of rotatable bonds is 0. The van der Waals surface area contributed by atoms with Crippen molar-refractivity contribution < 1.29 is 0 Å². The summed E-state index contributed by atoms with van der Waals surface area (Å²) < 4.78 is 2.05. The lowest BCUT2D eigenvalue weighted by Crippen LogP contribution is -2.13. The first-order valence-corrected chi connectivity index (χ1v) is 5.55. The van der Waals surface area contributed by atoms with Crippen molar-refractivity contribution in [2.45, 2.75) is 0 Å². The number of anilines is 1. The number of pyridine rings is 1. The quantitative estimate of drug-likeness (QED) is 0.676. The molecule has 0 amide bonds. The van der Waals surface area contributed by atoms with Gasteiger partial charge in [-0.05, 0) is 12.1 Å². The Kier molecular flexibility index (Phi) is 1.99. The highest BCUT2D eigenvalue weighted by atomic mass is 79.9. The molecule has 2 nitrogen and oxygen atoms in total. The van der Waals surface area contributed by atoms with Crippen LogP contribution in [0.5, 0.6) is 0 Å². The van der Waals surface area contributed by atoms with E-state index in [0.29, 0.717) is 0 Å². The van der Waals surface area contributed by atoms with E-state index in [4.69, 9.17) is 0 Å². The fraction of sp³-hybridized carbons (Fsp3) is 0.0833. The van der Waals surface area contributed by atoms with E-state index in [0.717, 1.165) is 12.1 Å². The number of hydrogen-bond donors (Lipinski definition) is 0. The van der Waals surface area contributed by atoms with Crippen LogP contribution in [0, 0.1) is 0 Å². The molecular formula is C12H9BrN2. The van der Waals surface area contributed by atoms with E-state index in [1.54, 1.807) is 0 Å². The van der Waals surface area contributed by atoms with Gasteiger partial charge in [0.2, 0.25) is 0 Å². The number of nitrogens with zero attached hydrogens (tertiary/aromatic N) is 2. The van der Waals surface area contributed by atoms with Gasteiger partial charge in [-0.1, -0.05) is 24.3 Å². The minimum Gasteiger partial charge on any atom is -0.304 e. The summed E-state index contributed by atoms with van der Waals surface area (Å²) in [5.41, 5.74) is 3.44. The molecular weight excluding hydrogens is 252 g/mol. The van der Waals surface area contributed by atoms with Gasteiger partial charge in [0, 0.05) is 39.8 Å². The predicted molar refractivity (Wildman–Crippen MR) is 67.1 cm³/mol. The summed E-state index contributed by atoms with van der Waals surface area (Å²) >= 11 is 3.53. The van der Waals surface area contributed by atoms with Gasteiger partial charge in [0.1, 0.15) is 0 Å². The van der Waals surface area contributed by atoms with Crippen molar-refractivity contribution in [2.24, 2.45) is 0 Å². The Morgan fingerprint density at radius 3 is 3.13 bits per heavy atom. The monoisotopic (exact) mass is 260 g/mol. The van der Waals surface area contributed by atoms with Crippen molar-refractivity contribution in [1.82, 2.24) is 4.98 Å². The van der Waals surface area contributed by atoms with Gasteiger partial charge < -0.3 is 3.93 Å². The predicted octanol–water partition coefficient (Wildman–Crippen LogP) is 3.38. The van der Waals surface area contributed by atoms with Crippen molar-refractivity contribution in [2.75, 3.05) is 10.5 Å². The largest absolute Gasteiger partial charge is 0.304 e. The van der Waals surface area contributed by atoms with E-state index < -0.39 is 0 Å². The van der Waals surface area contributed by atoms with Crippen LogP contribution in [0.2, 0.25) is 0 Å². The van der Waals surface area contributed by atoms with E-state index in [1.807, 2.05) is 12.3 Å². The molecule has 0 aliphatic carbocycles. The van der Waals surface area contributed by atoms with Gasteiger partial charge in [-0.3, -0.25) is 4.98 Å². The van der Waals surface area contributed by atoms with E-state index in [9.17, 15) is 0 Å². The highest BCUT2D eigenvalue weighted by Gasteiger charge is 2.13. The highest BCUT2D eigenvalue weighted by Crippen LogP contribution is 2.32. The van der Waals surface area contributed by atoms with Gasteiger partial charge in [0.15, 0.2) is 0 Å². The smallest absolute Gasteiger partial charge is 0.0795 e. The van der Waals surface area contributed by atoms with E-state index in [1.165, 1.54) is 16.6 Å². The van der Waals surface area contributed by atoms with Crippen LogP contribution in [0.4, 0.5) is 5.69 Å².